The van der Waals surface area contributed by atoms with Gasteiger partial charge in [-0.1, -0.05) is 29.8 Å². The molecular weight excluding hydrogens is 486 g/mol. The number of nitrogens with zero attached hydrogens (tertiary/aromatic N) is 1. The number of nitrogens with one attached hydrogen (secondary N) is 2. The minimum Gasteiger partial charge on any atom is -0.326 e. The second kappa shape index (κ2) is 11.1. The van der Waals surface area contributed by atoms with Crippen molar-refractivity contribution in [2.24, 2.45) is 11.8 Å². The molecule has 2 unspecified atom stereocenters. The van der Waals surface area contributed by atoms with Gasteiger partial charge in [0.25, 0.3) is 5.91 Å². The van der Waals surface area contributed by atoms with Crippen molar-refractivity contribution in [1.82, 2.24) is 5.32 Å². The fraction of sp³-hybridized carbons (Fsp3) is 0.462. The van der Waals surface area contributed by atoms with Crippen molar-refractivity contribution < 1.29 is 18.0 Å². The summed E-state index contributed by atoms with van der Waals surface area (Å²) in [7, 11) is -3.12. The highest BCUT2D eigenvalue weighted by molar-refractivity contribution is 7.92. The molecule has 0 aromatic heterocycles. The van der Waals surface area contributed by atoms with Crippen LogP contribution in [0.3, 0.4) is 0 Å². The maximum absolute atomic E-state index is 13.1. The number of hydrogen-bond acceptors (Lipinski definition) is 5. The summed E-state index contributed by atoms with van der Waals surface area (Å²) in [4.78, 5) is 27.3. The highest BCUT2D eigenvalue weighted by Crippen LogP contribution is 2.32. The zero-order valence-corrected chi connectivity index (χ0v) is 21.4. The first-order chi connectivity index (χ1) is 16.8. The van der Waals surface area contributed by atoms with E-state index in [1.165, 1.54) is 0 Å². The molecule has 1 saturated heterocycles. The molecule has 1 saturated carbocycles. The first-order valence-electron chi connectivity index (χ1n) is 12.2. The first-order valence-corrected chi connectivity index (χ1v) is 14.3. The molecule has 1 aliphatic heterocycles. The van der Waals surface area contributed by atoms with E-state index in [-0.39, 0.29) is 34.9 Å². The summed E-state index contributed by atoms with van der Waals surface area (Å²) in [6, 6.07) is 14.3. The van der Waals surface area contributed by atoms with Gasteiger partial charge in [0.05, 0.1) is 16.3 Å². The highest BCUT2D eigenvalue weighted by Gasteiger charge is 2.35. The topological polar surface area (TPSA) is 95.6 Å². The Morgan fingerprint density at radius 2 is 1.77 bits per heavy atom. The van der Waals surface area contributed by atoms with Gasteiger partial charge in [0.2, 0.25) is 5.91 Å². The van der Waals surface area contributed by atoms with Crippen LogP contribution in [0.1, 0.15) is 49.4 Å². The molecule has 0 bridgehead atoms. The van der Waals surface area contributed by atoms with Crippen molar-refractivity contribution in [1.29, 1.82) is 0 Å². The molecule has 2 N–H and O–H groups in total. The lowest BCUT2D eigenvalue weighted by Gasteiger charge is -2.29. The van der Waals surface area contributed by atoms with Gasteiger partial charge in [0.15, 0.2) is 9.84 Å². The van der Waals surface area contributed by atoms with Crippen molar-refractivity contribution in [2.75, 3.05) is 29.1 Å². The zero-order chi connectivity index (χ0) is 25.0. The van der Waals surface area contributed by atoms with Crippen molar-refractivity contribution in [3.05, 3.63) is 59.1 Å². The van der Waals surface area contributed by atoms with E-state index < -0.39 is 15.2 Å². The Morgan fingerprint density at radius 1 is 1.06 bits per heavy atom. The number of carbonyl (C=O) groups is 2. The third kappa shape index (κ3) is 6.63. The van der Waals surface area contributed by atoms with Crippen LogP contribution in [0.4, 0.5) is 11.4 Å². The summed E-state index contributed by atoms with van der Waals surface area (Å²) in [5, 5.41) is 5.77. The Labute approximate surface area is 212 Å². The lowest BCUT2D eigenvalue weighted by Crippen LogP contribution is -2.45. The molecule has 2 fully saturated rings. The summed E-state index contributed by atoms with van der Waals surface area (Å²) in [6.07, 6.45) is 3.54. The maximum Gasteiger partial charge on any atom is 0.259 e. The van der Waals surface area contributed by atoms with E-state index in [0.29, 0.717) is 43.1 Å². The van der Waals surface area contributed by atoms with E-state index in [9.17, 15) is 18.0 Å². The molecular formula is C26H32ClN3O4S. The van der Waals surface area contributed by atoms with E-state index in [1.54, 1.807) is 23.1 Å². The molecule has 1 aliphatic carbocycles. The van der Waals surface area contributed by atoms with Gasteiger partial charge in [-0.25, -0.2) is 8.42 Å². The third-order valence-electron chi connectivity index (χ3n) is 6.66. The number of amides is 2. The number of halogens is 1. The first kappa shape index (κ1) is 25.7. The van der Waals surface area contributed by atoms with Crippen LogP contribution in [0.25, 0.3) is 0 Å². The van der Waals surface area contributed by atoms with Crippen LogP contribution < -0.4 is 15.5 Å². The molecule has 35 heavy (non-hydrogen) atoms. The number of hydrogen-bond donors (Lipinski definition) is 2. The number of anilines is 2. The normalized spacial score (nSPS) is 20.3. The van der Waals surface area contributed by atoms with Crippen LogP contribution in [0, 0.1) is 11.8 Å². The van der Waals surface area contributed by atoms with E-state index in [4.69, 9.17) is 11.6 Å². The van der Waals surface area contributed by atoms with Gasteiger partial charge in [0, 0.05) is 24.3 Å². The maximum atomic E-state index is 13.1. The molecule has 188 valence electrons. The average molecular weight is 518 g/mol. The number of piperidine rings is 1. The molecule has 2 aromatic carbocycles. The minimum absolute atomic E-state index is 0.0719. The number of benzene rings is 2. The number of carbonyl (C=O) groups excluding carboxylic acids is 2. The SMILES string of the molecule is CCN(C(=O)c1ccc(NC(=O)CC2CCC(S(=O)(=O)CC3CC3)NC2)cc1Cl)c1ccccc1. The van der Waals surface area contributed by atoms with Crippen molar-refractivity contribution in [3.63, 3.8) is 0 Å². The fourth-order valence-corrected chi connectivity index (χ4v) is 6.87. The van der Waals surface area contributed by atoms with Crippen molar-refractivity contribution in [3.8, 4) is 0 Å². The van der Waals surface area contributed by atoms with Gasteiger partial charge >= 0.3 is 0 Å². The van der Waals surface area contributed by atoms with Crippen LogP contribution in [0.2, 0.25) is 5.02 Å². The summed E-state index contributed by atoms with van der Waals surface area (Å²) >= 11 is 6.42. The largest absolute Gasteiger partial charge is 0.326 e. The summed E-state index contributed by atoms with van der Waals surface area (Å²) in [5.74, 6) is 0.313. The summed E-state index contributed by atoms with van der Waals surface area (Å²) in [6.45, 7) is 2.90. The second-order valence-corrected chi connectivity index (χ2v) is 12.1. The van der Waals surface area contributed by atoms with Crippen LogP contribution in [0.15, 0.2) is 48.5 Å². The number of rotatable bonds is 9. The molecule has 1 heterocycles. The van der Waals surface area contributed by atoms with Crippen LogP contribution >= 0.6 is 11.6 Å². The van der Waals surface area contributed by atoms with Crippen molar-refractivity contribution in [2.45, 2.75) is 44.4 Å². The molecule has 2 atom stereocenters. The van der Waals surface area contributed by atoms with Gasteiger partial charge in [-0.3, -0.25) is 9.59 Å². The molecule has 0 spiro atoms. The smallest absolute Gasteiger partial charge is 0.259 e. The summed E-state index contributed by atoms with van der Waals surface area (Å²) < 4.78 is 24.9. The second-order valence-electron chi connectivity index (χ2n) is 9.45. The lowest BCUT2D eigenvalue weighted by molar-refractivity contribution is -0.117. The molecule has 7 nitrogen and oxygen atoms in total. The summed E-state index contributed by atoms with van der Waals surface area (Å²) in [5.41, 5.74) is 1.68. The van der Waals surface area contributed by atoms with E-state index in [2.05, 4.69) is 10.6 Å². The Hall–Kier alpha value is -2.42. The Bertz CT molecular complexity index is 1160. The Kier molecular flexibility index (Phi) is 8.14. The van der Waals surface area contributed by atoms with E-state index >= 15 is 0 Å². The molecule has 9 heteroatoms. The third-order valence-corrected chi connectivity index (χ3v) is 9.17. The average Bonchev–Trinajstić information content (AvgIpc) is 3.64. The molecule has 0 radical (unpaired) electrons. The Morgan fingerprint density at radius 3 is 2.37 bits per heavy atom. The highest BCUT2D eigenvalue weighted by atomic mass is 35.5. The predicted molar refractivity (Wildman–Crippen MR) is 140 cm³/mol. The van der Waals surface area contributed by atoms with Gasteiger partial charge in [-0.15, -0.1) is 0 Å². The Balaban J connectivity index is 1.31. The van der Waals surface area contributed by atoms with Gasteiger partial charge < -0.3 is 15.5 Å². The predicted octanol–water partition coefficient (Wildman–Crippen LogP) is 4.49. The van der Waals surface area contributed by atoms with Gasteiger partial charge in [-0.2, -0.15) is 0 Å². The minimum atomic E-state index is -3.12. The molecule has 4 rings (SSSR count). The van der Waals surface area contributed by atoms with Gasteiger partial charge in [0.1, 0.15) is 5.37 Å². The lowest BCUT2D eigenvalue weighted by atomic mass is 9.95. The van der Waals surface area contributed by atoms with Crippen LogP contribution in [-0.2, 0) is 14.6 Å². The van der Waals surface area contributed by atoms with Gasteiger partial charge in [-0.05, 0) is 81.3 Å². The molecule has 2 amide bonds. The van der Waals surface area contributed by atoms with Crippen molar-refractivity contribution >= 4 is 44.6 Å². The monoisotopic (exact) mass is 517 g/mol. The van der Waals surface area contributed by atoms with E-state index in [1.807, 2.05) is 37.3 Å². The standard InChI is InChI=1S/C26H32ClN3O4S/c1-2-30(21-6-4-3-5-7-21)26(32)22-12-11-20(15-23(22)27)29-24(31)14-19-10-13-25(28-16-19)35(33,34)17-18-8-9-18/h3-7,11-12,15,18-19,25,28H,2,8-10,13-14,16-17H2,1H3,(H,29,31). The molecule has 2 aromatic rings. The molecule has 2 aliphatic rings. The van der Waals surface area contributed by atoms with Crippen LogP contribution in [0.5, 0.6) is 0 Å². The number of sulfone groups is 1. The van der Waals surface area contributed by atoms with E-state index in [0.717, 1.165) is 18.5 Å². The van der Waals surface area contributed by atoms with Crippen LogP contribution in [-0.4, -0.2) is 44.4 Å². The quantitative estimate of drug-likeness (QED) is 0.511. The fourth-order valence-electron chi connectivity index (χ4n) is 4.54. The zero-order valence-electron chi connectivity index (χ0n) is 19.9. The number of para-hydroxylation sites is 1.